The summed E-state index contributed by atoms with van der Waals surface area (Å²) in [5.41, 5.74) is 29.9. The molecule has 21 nitrogen and oxygen atoms in total. The quantitative estimate of drug-likeness (QED) is 0.0170. The van der Waals surface area contributed by atoms with Crippen LogP contribution in [0.2, 0.25) is 0 Å². The summed E-state index contributed by atoms with van der Waals surface area (Å²) in [7, 11) is 0. The number of aromatic hydroxyl groups is 1. The fraction of sp³-hybridized carbons (Fsp3) is 0.619. The van der Waals surface area contributed by atoms with Crippen LogP contribution in [0.25, 0.3) is 0 Å². The van der Waals surface area contributed by atoms with Crippen molar-refractivity contribution in [3.05, 3.63) is 48.0 Å². The van der Waals surface area contributed by atoms with Gasteiger partial charge in [-0.2, -0.15) is 12.6 Å². The van der Waals surface area contributed by atoms with E-state index in [-0.39, 0.29) is 120 Å². The zero-order chi connectivity index (χ0) is 47.3. The van der Waals surface area contributed by atoms with Crippen molar-refractivity contribution in [2.75, 3.05) is 64.7 Å². The van der Waals surface area contributed by atoms with Crippen molar-refractivity contribution in [3.63, 3.8) is 0 Å². The smallest absolute Gasteiger partial charge is 0.243 e. The molecule has 1 aromatic carbocycles. The molecule has 0 aliphatic rings. The first kappa shape index (κ1) is 54.7. The summed E-state index contributed by atoms with van der Waals surface area (Å²) < 4.78 is 0. The van der Waals surface area contributed by atoms with Crippen LogP contribution >= 0.6 is 12.6 Å². The summed E-state index contributed by atoms with van der Waals surface area (Å²) >= 11 is 4.19. The summed E-state index contributed by atoms with van der Waals surface area (Å²) in [6, 6.07) is 3.45. The van der Waals surface area contributed by atoms with E-state index in [0.29, 0.717) is 63.7 Å². The number of benzene rings is 1. The number of primary amides is 1. The number of H-pyrrole nitrogens is 1. The number of phenols is 1. The van der Waals surface area contributed by atoms with Gasteiger partial charge in [0, 0.05) is 83.4 Å². The largest absolute Gasteiger partial charge is 0.508 e. The summed E-state index contributed by atoms with van der Waals surface area (Å²) in [6.45, 7) is 1.04. The molecule has 3 atom stereocenters. The van der Waals surface area contributed by atoms with Gasteiger partial charge in [0.15, 0.2) is 5.96 Å². The lowest BCUT2D eigenvalue weighted by Gasteiger charge is -2.33. The van der Waals surface area contributed by atoms with E-state index in [0.717, 1.165) is 5.56 Å². The van der Waals surface area contributed by atoms with Crippen molar-refractivity contribution in [1.82, 2.24) is 40.6 Å². The minimum Gasteiger partial charge on any atom is -0.508 e. The van der Waals surface area contributed by atoms with E-state index >= 15 is 0 Å². The lowest BCUT2D eigenvalue weighted by atomic mass is 10.0. The van der Waals surface area contributed by atoms with Gasteiger partial charge in [-0.1, -0.05) is 18.6 Å². The number of thiol groups is 1. The molecule has 0 bridgehead atoms. The summed E-state index contributed by atoms with van der Waals surface area (Å²) in [6.07, 6.45) is 7.50. The van der Waals surface area contributed by atoms with E-state index in [1.54, 1.807) is 18.3 Å². The van der Waals surface area contributed by atoms with E-state index in [4.69, 9.17) is 34.1 Å². The normalized spacial score (nSPS) is 12.4. The Labute approximate surface area is 381 Å². The lowest BCUT2D eigenvalue weighted by molar-refractivity contribution is -0.142. The number of hydrogen-bond donors (Lipinski definition) is 12. The summed E-state index contributed by atoms with van der Waals surface area (Å²) in [5.74, 6) is -2.61. The topological polar surface area (TPSA) is 351 Å². The number of aromatic amines is 1. The van der Waals surface area contributed by atoms with E-state index < -0.39 is 35.8 Å². The number of aryl methyl sites for hydroxylation is 1. The van der Waals surface area contributed by atoms with Crippen LogP contribution in [0, 0.1) is 5.41 Å². The molecular weight excluding hydrogens is 845 g/mol. The van der Waals surface area contributed by atoms with Crippen molar-refractivity contribution in [2.24, 2.45) is 28.7 Å². The molecule has 6 amide bonds. The van der Waals surface area contributed by atoms with Crippen molar-refractivity contribution in [3.8, 4) is 5.75 Å². The van der Waals surface area contributed by atoms with Gasteiger partial charge in [0.2, 0.25) is 35.4 Å². The minimum absolute atomic E-state index is 0.0286. The van der Waals surface area contributed by atoms with E-state index in [1.807, 2.05) is 0 Å². The number of unbranched alkanes of at least 4 members (excludes halogenated alkanes) is 3. The number of rotatable bonds is 34. The van der Waals surface area contributed by atoms with Gasteiger partial charge < -0.3 is 69.4 Å². The number of phenolic OH excluding ortho intramolecular Hbond substituents is 1. The molecule has 1 heterocycles. The van der Waals surface area contributed by atoms with E-state index in [1.165, 1.54) is 33.2 Å². The number of hydrogen-bond acceptors (Lipinski definition) is 13. The van der Waals surface area contributed by atoms with Crippen molar-refractivity contribution < 1.29 is 33.9 Å². The second-order valence-corrected chi connectivity index (χ2v) is 15.8. The first-order chi connectivity index (χ1) is 30.8. The Morgan fingerprint density at radius 1 is 0.688 bits per heavy atom. The highest BCUT2D eigenvalue weighted by Gasteiger charge is 2.33. The molecule has 2 aromatic rings. The summed E-state index contributed by atoms with van der Waals surface area (Å²) in [5, 5.41) is 25.6. The highest BCUT2D eigenvalue weighted by molar-refractivity contribution is 7.80. The van der Waals surface area contributed by atoms with Gasteiger partial charge in [-0.3, -0.25) is 34.2 Å². The van der Waals surface area contributed by atoms with Crippen molar-refractivity contribution in [2.45, 2.75) is 102 Å². The number of carbonyl (C=O) groups is 6. The third-order valence-electron chi connectivity index (χ3n) is 10.6. The number of guanidine groups is 1. The van der Waals surface area contributed by atoms with Crippen LogP contribution in [-0.2, 0) is 41.6 Å². The average molecular weight is 917 g/mol. The third-order valence-corrected chi connectivity index (χ3v) is 10.8. The second kappa shape index (κ2) is 31.4. The van der Waals surface area contributed by atoms with Crippen LogP contribution < -0.4 is 44.6 Å². The second-order valence-electron chi connectivity index (χ2n) is 15.4. The number of nitrogens with zero attached hydrogens (tertiary/aromatic N) is 4. The number of aromatic nitrogens is 2. The van der Waals surface area contributed by atoms with E-state index in [9.17, 15) is 33.9 Å². The molecule has 0 spiro atoms. The summed E-state index contributed by atoms with van der Waals surface area (Å²) in [4.78, 5) is 93.3. The molecule has 0 saturated carbocycles. The van der Waals surface area contributed by atoms with Gasteiger partial charge in [-0.05, 0) is 87.9 Å². The molecule has 0 aliphatic carbocycles. The van der Waals surface area contributed by atoms with Crippen LogP contribution in [0.15, 0.2) is 36.8 Å². The fourth-order valence-corrected chi connectivity index (χ4v) is 7.40. The third kappa shape index (κ3) is 20.4. The molecule has 0 saturated heterocycles. The fourth-order valence-electron chi connectivity index (χ4n) is 7.20. The van der Waals surface area contributed by atoms with Gasteiger partial charge in [-0.15, -0.1) is 0 Å². The highest BCUT2D eigenvalue weighted by Crippen LogP contribution is 2.17. The minimum atomic E-state index is -1.10. The van der Waals surface area contributed by atoms with Gasteiger partial charge >= 0.3 is 0 Å². The molecule has 0 aliphatic heterocycles. The zero-order valence-electron chi connectivity index (χ0n) is 37.0. The van der Waals surface area contributed by atoms with Crippen molar-refractivity contribution >= 4 is 54.0 Å². The maximum absolute atomic E-state index is 14.3. The number of nitrogens with two attached hydrogens (primary N) is 5. The number of nitrogens with one attached hydrogen (secondary N) is 5. The standard InChI is InChI=1S/C42H72N14O7S/c43-17-4-1-2-9-36(58)56(25-22-50-40(62)34(8-6-20-52-42(47)48)54(23-19-45)38(60)16-26-64)35(27-31-28-49-29-53-31)41(63)51-21-24-55(33(39(46)61)7-3-5-18-44)37(59)15-12-30-10-13-32(57)14-11-30/h10-11,13-14,28-29,33-35,57,64H,1-9,12,15-27,43-45H2,(H2,46,61)(H,49,53)(H,50,62)(H,51,63)(H4,47,48,52). The Bertz CT molecular complexity index is 1720. The van der Waals surface area contributed by atoms with Crippen LogP contribution in [-0.4, -0.2) is 154 Å². The molecule has 1 aromatic heterocycles. The van der Waals surface area contributed by atoms with Gasteiger partial charge in [0.05, 0.1) is 6.33 Å². The first-order valence-corrected chi connectivity index (χ1v) is 22.7. The number of carbonyl (C=O) groups excluding carboxylic acids is 6. The monoisotopic (exact) mass is 917 g/mol. The first-order valence-electron chi connectivity index (χ1n) is 22.0. The van der Waals surface area contributed by atoms with Crippen LogP contribution in [0.5, 0.6) is 5.75 Å². The number of imidazole rings is 1. The maximum atomic E-state index is 14.3. The average Bonchev–Trinajstić information content (AvgIpc) is 3.79. The molecule has 0 fully saturated rings. The van der Waals surface area contributed by atoms with Crippen LogP contribution in [0.4, 0.5) is 0 Å². The molecule has 358 valence electrons. The Morgan fingerprint density at radius 2 is 1.27 bits per heavy atom. The predicted octanol–water partition coefficient (Wildman–Crippen LogP) is -1.21. The lowest BCUT2D eigenvalue weighted by Crippen LogP contribution is -2.56. The molecular formula is C42H72N14O7S. The Balaban J connectivity index is 2.40. The molecule has 22 heteroatoms. The Hall–Kier alpha value is -5.45. The predicted molar refractivity (Wildman–Crippen MR) is 248 cm³/mol. The molecule has 0 radical (unpaired) electrons. The number of amides is 6. The Kier molecular flexibility index (Phi) is 26.8. The van der Waals surface area contributed by atoms with Gasteiger partial charge in [0.1, 0.15) is 23.9 Å². The SMILES string of the molecule is N=C(N)NCCCC(C(=O)NCCN(C(=O)CCCCCN)C(Cc1cnc[nH]1)C(=O)NCCN(C(=O)CCc1ccc(O)cc1)C(CCCCN)C(N)=O)N(CCN)C(=O)CCS. The maximum Gasteiger partial charge on any atom is 0.243 e. The Morgan fingerprint density at radius 3 is 1.84 bits per heavy atom. The zero-order valence-corrected chi connectivity index (χ0v) is 37.9. The molecule has 16 N–H and O–H groups in total. The van der Waals surface area contributed by atoms with Crippen LogP contribution in [0.1, 0.15) is 81.9 Å². The van der Waals surface area contributed by atoms with E-state index in [2.05, 4.69) is 38.5 Å². The van der Waals surface area contributed by atoms with Crippen LogP contribution in [0.3, 0.4) is 0 Å². The highest BCUT2D eigenvalue weighted by atomic mass is 32.1. The van der Waals surface area contributed by atoms with Crippen molar-refractivity contribution in [1.29, 1.82) is 5.41 Å². The molecule has 3 unspecified atom stereocenters. The molecule has 64 heavy (non-hydrogen) atoms. The van der Waals surface area contributed by atoms with Gasteiger partial charge in [-0.25, -0.2) is 4.98 Å². The van der Waals surface area contributed by atoms with Gasteiger partial charge in [0.25, 0.3) is 0 Å². The molecule has 2 rings (SSSR count).